The number of allylic oxidation sites excluding steroid dienone is 1. The standard InChI is InChI=1S/C6H6BrN/c1-3-4-5-8-6(2)7/h1,4-5H,2H3/b5-4-,8-6+. The van der Waals surface area contributed by atoms with Crippen LogP contribution in [0.15, 0.2) is 17.3 Å². The highest BCUT2D eigenvalue weighted by Gasteiger charge is 1.70. The molecular formula is C6H6BrN. The SMILES string of the molecule is C#C/C=C\N=C(/C)Br. The summed E-state index contributed by atoms with van der Waals surface area (Å²) >= 11 is 3.13. The van der Waals surface area contributed by atoms with Crippen molar-refractivity contribution >= 4 is 20.6 Å². The van der Waals surface area contributed by atoms with Gasteiger partial charge in [0.25, 0.3) is 0 Å². The zero-order valence-electron chi connectivity index (χ0n) is 4.56. The van der Waals surface area contributed by atoms with Crippen molar-refractivity contribution in [3.63, 3.8) is 0 Å². The molecule has 0 amide bonds. The smallest absolute Gasteiger partial charge is 0.0798 e. The predicted molar refractivity (Wildman–Crippen MR) is 40.0 cm³/mol. The van der Waals surface area contributed by atoms with Crippen LogP contribution >= 0.6 is 15.9 Å². The highest BCUT2D eigenvalue weighted by Crippen LogP contribution is 1.86. The Bertz CT molecular complexity index is 146. The quantitative estimate of drug-likeness (QED) is 0.423. The maximum Gasteiger partial charge on any atom is 0.0798 e. The monoisotopic (exact) mass is 171 g/mol. The summed E-state index contributed by atoms with van der Waals surface area (Å²) in [6.07, 6.45) is 7.99. The Hall–Kier alpha value is -0.550. The number of hydrogen-bond donors (Lipinski definition) is 0. The molecule has 0 rings (SSSR count). The second-order valence-electron chi connectivity index (χ2n) is 1.11. The van der Waals surface area contributed by atoms with Crippen molar-refractivity contribution in [3.05, 3.63) is 12.3 Å². The van der Waals surface area contributed by atoms with Crippen molar-refractivity contribution in [2.24, 2.45) is 4.99 Å². The summed E-state index contributed by atoms with van der Waals surface area (Å²) in [6, 6.07) is 0. The molecule has 1 nitrogen and oxygen atoms in total. The van der Waals surface area contributed by atoms with E-state index in [1.165, 1.54) is 6.08 Å². The van der Waals surface area contributed by atoms with Crippen LogP contribution in [-0.2, 0) is 0 Å². The van der Waals surface area contributed by atoms with Gasteiger partial charge in [0.2, 0.25) is 0 Å². The fourth-order valence-corrected chi connectivity index (χ4v) is 0.301. The molecule has 0 fully saturated rings. The minimum atomic E-state index is 0.823. The van der Waals surface area contributed by atoms with Gasteiger partial charge in [0.05, 0.1) is 4.62 Å². The van der Waals surface area contributed by atoms with Gasteiger partial charge in [-0.3, -0.25) is 4.99 Å². The number of terminal acetylenes is 1. The molecule has 0 aromatic carbocycles. The van der Waals surface area contributed by atoms with E-state index >= 15 is 0 Å². The molecular weight excluding hydrogens is 166 g/mol. The van der Waals surface area contributed by atoms with Crippen LogP contribution in [0.5, 0.6) is 0 Å². The molecule has 0 saturated carbocycles. The first-order valence-corrected chi connectivity index (χ1v) is 2.87. The van der Waals surface area contributed by atoms with Crippen LogP contribution in [0.2, 0.25) is 0 Å². The summed E-state index contributed by atoms with van der Waals surface area (Å²) < 4.78 is 0.823. The fraction of sp³-hybridized carbons (Fsp3) is 0.167. The van der Waals surface area contributed by atoms with Gasteiger partial charge in [0.15, 0.2) is 0 Å². The van der Waals surface area contributed by atoms with E-state index < -0.39 is 0 Å². The second-order valence-corrected chi connectivity index (χ2v) is 2.26. The lowest BCUT2D eigenvalue weighted by atomic mass is 10.6. The number of nitrogens with zero attached hydrogens (tertiary/aromatic N) is 1. The third-order valence-electron chi connectivity index (χ3n) is 0.423. The molecule has 0 aromatic heterocycles. The Labute approximate surface area is 57.6 Å². The molecule has 0 aromatic rings. The average Bonchev–Trinajstić information content (AvgIpc) is 1.66. The molecule has 0 unspecified atom stereocenters. The van der Waals surface area contributed by atoms with Crippen molar-refractivity contribution in [1.29, 1.82) is 0 Å². The molecule has 0 aliphatic carbocycles. The zero-order valence-corrected chi connectivity index (χ0v) is 6.14. The van der Waals surface area contributed by atoms with Crippen LogP contribution in [0.1, 0.15) is 6.92 Å². The molecule has 2 heteroatoms. The van der Waals surface area contributed by atoms with Crippen LogP contribution in [0.25, 0.3) is 0 Å². The average molecular weight is 172 g/mol. The molecule has 8 heavy (non-hydrogen) atoms. The first-order valence-electron chi connectivity index (χ1n) is 2.08. The lowest BCUT2D eigenvalue weighted by Gasteiger charge is -1.75. The van der Waals surface area contributed by atoms with Crippen molar-refractivity contribution in [2.45, 2.75) is 6.92 Å². The van der Waals surface area contributed by atoms with E-state index in [1.54, 1.807) is 6.20 Å². The van der Waals surface area contributed by atoms with Crippen LogP contribution in [0.4, 0.5) is 0 Å². The summed E-state index contributed by atoms with van der Waals surface area (Å²) in [5.74, 6) is 2.31. The number of hydrogen-bond acceptors (Lipinski definition) is 1. The first kappa shape index (κ1) is 7.45. The fourth-order valence-electron chi connectivity index (χ4n) is 0.183. The third-order valence-corrected chi connectivity index (χ3v) is 0.628. The largest absolute Gasteiger partial charge is 0.253 e. The third kappa shape index (κ3) is 5.45. The highest BCUT2D eigenvalue weighted by atomic mass is 79.9. The van der Waals surface area contributed by atoms with Gasteiger partial charge in [-0.25, -0.2) is 0 Å². The molecule has 0 spiro atoms. The molecule has 0 saturated heterocycles. The first-order chi connectivity index (χ1) is 3.77. The van der Waals surface area contributed by atoms with Crippen LogP contribution in [0.3, 0.4) is 0 Å². The van der Waals surface area contributed by atoms with Gasteiger partial charge < -0.3 is 0 Å². The molecule has 0 bridgehead atoms. The lowest BCUT2D eigenvalue weighted by molar-refractivity contribution is 1.58. The molecule has 0 aliphatic rings. The highest BCUT2D eigenvalue weighted by molar-refractivity contribution is 9.18. The Morgan fingerprint density at radius 2 is 2.50 bits per heavy atom. The minimum Gasteiger partial charge on any atom is -0.253 e. The van der Waals surface area contributed by atoms with Gasteiger partial charge in [-0.15, -0.1) is 6.42 Å². The Balaban J connectivity index is 3.63. The lowest BCUT2D eigenvalue weighted by Crippen LogP contribution is -1.67. The number of aliphatic imine (C=N–C) groups is 1. The molecule has 0 radical (unpaired) electrons. The summed E-state index contributed by atoms with van der Waals surface area (Å²) in [7, 11) is 0. The Kier molecular flexibility index (Phi) is 4.29. The van der Waals surface area contributed by atoms with Gasteiger partial charge in [-0.2, -0.15) is 0 Å². The van der Waals surface area contributed by atoms with E-state index in [1.807, 2.05) is 6.92 Å². The normalized spacial score (nSPS) is 11.9. The molecule has 42 valence electrons. The molecule has 0 atom stereocenters. The summed E-state index contributed by atoms with van der Waals surface area (Å²) in [5.41, 5.74) is 0. The van der Waals surface area contributed by atoms with Crippen LogP contribution in [0, 0.1) is 12.3 Å². The molecule has 0 N–H and O–H groups in total. The van der Waals surface area contributed by atoms with E-state index in [0.717, 1.165) is 4.62 Å². The second kappa shape index (κ2) is 4.61. The van der Waals surface area contributed by atoms with Crippen LogP contribution in [-0.4, -0.2) is 4.62 Å². The van der Waals surface area contributed by atoms with E-state index in [4.69, 9.17) is 6.42 Å². The Morgan fingerprint density at radius 1 is 1.88 bits per heavy atom. The summed E-state index contributed by atoms with van der Waals surface area (Å²) in [5, 5.41) is 0. The van der Waals surface area contributed by atoms with Crippen molar-refractivity contribution < 1.29 is 0 Å². The van der Waals surface area contributed by atoms with Crippen LogP contribution < -0.4 is 0 Å². The van der Waals surface area contributed by atoms with Gasteiger partial charge in [0, 0.05) is 12.3 Å². The van der Waals surface area contributed by atoms with E-state index in [9.17, 15) is 0 Å². The minimum absolute atomic E-state index is 0.823. The van der Waals surface area contributed by atoms with E-state index in [0.29, 0.717) is 0 Å². The predicted octanol–water partition coefficient (Wildman–Crippen LogP) is 1.95. The van der Waals surface area contributed by atoms with E-state index in [-0.39, 0.29) is 0 Å². The topological polar surface area (TPSA) is 12.4 Å². The zero-order chi connectivity index (χ0) is 6.41. The van der Waals surface area contributed by atoms with Gasteiger partial charge >= 0.3 is 0 Å². The van der Waals surface area contributed by atoms with Gasteiger partial charge in [0.1, 0.15) is 0 Å². The van der Waals surface area contributed by atoms with Crippen molar-refractivity contribution in [3.8, 4) is 12.3 Å². The summed E-state index contributed by atoms with van der Waals surface area (Å²) in [4.78, 5) is 3.82. The maximum atomic E-state index is 4.89. The van der Waals surface area contributed by atoms with E-state index in [2.05, 4.69) is 26.8 Å². The maximum absolute atomic E-state index is 4.89. The van der Waals surface area contributed by atoms with Crippen molar-refractivity contribution in [2.75, 3.05) is 0 Å². The molecule has 0 heterocycles. The number of halogens is 1. The van der Waals surface area contributed by atoms with Crippen molar-refractivity contribution in [1.82, 2.24) is 0 Å². The summed E-state index contributed by atoms with van der Waals surface area (Å²) in [6.45, 7) is 1.83. The number of rotatable bonds is 1. The van der Waals surface area contributed by atoms with Gasteiger partial charge in [-0.1, -0.05) is 5.92 Å². The van der Waals surface area contributed by atoms with Gasteiger partial charge in [-0.05, 0) is 22.9 Å². The molecule has 0 aliphatic heterocycles. The Morgan fingerprint density at radius 3 is 2.88 bits per heavy atom.